The van der Waals surface area contributed by atoms with E-state index in [-0.39, 0.29) is 0 Å². The van der Waals surface area contributed by atoms with Crippen molar-refractivity contribution in [3.8, 4) is 0 Å². The van der Waals surface area contributed by atoms with Crippen LogP contribution >= 0.6 is 0 Å². The summed E-state index contributed by atoms with van der Waals surface area (Å²) in [6, 6.07) is 10.3. The highest BCUT2D eigenvalue weighted by Gasteiger charge is 2.02. The maximum absolute atomic E-state index is 5.35. The average molecular weight is 329 g/mol. The molecule has 2 aromatic rings. The first-order valence-corrected chi connectivity index (χ1v) is 8.28. The van der Waals surface area contributed by atoms with Crippen molar-refractivity contribution < 1.29 is 9.15 Å². The molecular formula is C19H27N3O2. The van der Waals surface area contributed by atoms with Gasteiger partial charge < -0.3 is 19.8 Å². The number of methoxy groups -OCH3 is 1. The lowest BCUT2D eigenvalue weighted by molar-refractivity contribution is 0.203. The Kier molecular flexibility index (Phi) is 7.36. The number of nitrogens with one attached hydrogen (secondary N) is 2. The van der Waals surface area contributed by atoms with Gasteiger partial charge in [0.2, 0.25) is 0 Å². The van der Waals surface area contributed by atoms with Crippen molar-refractivity contribution in [1.29, 1.82) is 0 Å². The summed E-state index contributed by atoms with van der Waals surface area (Å²) in [7, 11) is 1.69. The quantitative estimate of drug-likeness (QED) is 0.444. The Bertz CT molecular complexity index is 636. The molecule has 0 saturated heterocycles. The van der Waals surface area contributed by atoms with Crippen LogP contribution in [0.2, 0.25) is 0 Å². The number of ether oxygens (including phenoxy) is 1. The summed E-state index contributed by atoms with van der Waals surface area (Å²) in [4.78, 5) is 4.68. The monoisotopic (exact) mass is 329 g/mol. The average Bonchev–Trinajstić information content (AvgIpc) is 3.07. The lowest BCUT2D eigenvalue weighted by Gasteiger charge is -2.12. The van der Waals surface area contributed by atoms with Crippen LogP contribution in [0.4, 0.5) is 0 Å². The van der Waals surface area contributed by atoms with E-state index in [4.69, 9.17) is 9.15 Å². The highest BCUT2D eigenvalue weighted by atomic mass is 16.5. The zero-order valence-corrected chi connectivity index (χ0v) is 14.8. The molecular weight excluding hydrogens is 302 g/mol. The van der Waals surface area contributed by atoms with Gasteiger partial charge in [-0.1, -0.05) is 23.8 Å². The molecule has 0 atom stereocenters. The molecule has 130 valence electrons. The molecule has 5 nitrogen and oxygen atoms in total. The molecule has 2 rings (SSSR count). The van der Waals surface area contributed by atoms with Gasteiger partial charge in [-0.05, 0) is 37.1 Å². The second-order valence-corrected chi connectivity index (χ2v) is 5.77. The molecule has 0 amide bonds. The Morgan fingerprint density at radius 1 is 1.17 bits per heavy atom. The van der Waals surface area contributed by atoms with E-state index < -0.39 is 0 Å². The fourth-order valence-electron chi connectivity index (χ4n) is 2.39. The van der Waals surface area contributed by atoms with Crippen LogP contribution < -0.4 is 10.6 Å². The fourth-order valence-corrected chi connectivity index (χ4v) is 2.39. The number of benzene rings is 1. The summed E-state index contributed by atoms with van der Waals surface area (Å²) < 4.78 is 10.4. The van der Waals surface area contributed by atoms with E-state index in [0.29, 0.717) is 13.2 Å². The number of hydrogen-bond acceptors (Lipinski definition) is 3. The molecule has 0 aliphatic carbocycles. The first kappa shape index (κ1) is 18.1. The Morgan fingerprint density at radius 3 is 2.71 bits per heavy atom. The fraction of sp³-hybridized carbons (Fsp3) is 0.421. The van der Waals surface area contributed by atoms with Crippen LogP contribution in [0.1, 0.15) is 22.5 Å². The first-order valence-electron chi connectivity index (χ1n) is 8.28. The lowest BCUT2D eigenvalue weighted by Crippen LogP contribution is -2.40. The molecule has 0 aliphatic rings. The summed E-state index contributed by atoms with van der Waals surface area (Å²) in [5.41, 5.74) is 3.78. The Labute approximate surface area is 144 Å². The van der Waals surface area contributed by atoms with Gasteiger partial charge in [0.05, 0.1) is 19.4 Å². The summed E-state index contributed by atoms with van der Waals surface area (Å²) in [6.45, 7) is 7.00. The molecule has 24 heavy (non-hydrogen) atoms. The molecule has 0 saturated carbocycles. The number of furan rings is 1. The second-order valence-electron chi connectivity index (χ2n) is 5.77. The molecule has 1 heterocycles. The van der Waals surface area contributed by atoms with Gasteiger partial charge in [0.25, 0.3) is 0 Å². The van der Waals surface area contributed by atoms with Gasteiger partial charge in [-0.15, -0.1) is 0 Å². The molecule has 1 aromatic heterocycles. The summed E-state index contributed by atoms with van der Waals surface area (Å²) in [6.07, 6.45) is 2.52. The number of aryl methyl sites for hydroxylation is 2. The predicted molar refractivity (Wildman–Crippen MR) is 97.3 cm³/mol. The van der Waals surface area contributed by atoms with Crippen LogP contribution in [0, 0.1) is 13.8 Å². The number of aliphatic imine (C=N–C) groups is 1. The normalized spacial score (nSPS) is 11.5. The topological polar surface area (TPSA) is 58.8 Å². The number of rotatable bonds is 8. The van der Waals surface area contributed by atoms with Crippen molar-refractivity contribution in [1.82, 2.24) is 10.6 Å². The Balaban J connectivity index is 1.92. The van der Waals surface area contributed by atoms with Gasteiger partial charge in [-0.2, -0.15) is 0 Å². The molecule has 0 bridgehead atoms. The minimum atomic E-state index is 0.641. The molecule has 0 spiro atoms. The van der Waals surface area contributed by atoms with E-state index in [9.17, 15) is 0 Å². The first-order chi connectivity index (χ1) is 11.7. The van der Waals surface area contributed by atoms with Crippen LogP contribution in [0.5, 0.6) is 0 Å². The van der Waals surface area contributed by atoms with Crippen LogP contribution in [0.15, 0.2) is 46.0 Å². The molecule has 0 aliphatic heterocycles. The van der Waals surface area contributed by atoms with Crippen molar-refractivity contribution >= 4 is 5.96 Å². The van der Waals surface area contributed by atoms with E-state index in [1.54, 1.807) is 13.4 Å². The van der Waals surface area contributed by atoms with E-state index in [2.05, 4.69) is 47.7 Å². The smallest absolute Gasteiger partial charge is 0.191 e. The van der Waals surface area contributed by atoms with Crippen molar-refractivity contribution in [2.75, 3.05) is 26.8 Å². The molecule has 0 unspecified atom stereocenters. The SMILES string of the molecule is COCCNC(=NCc1ccc(C)cc1C)NCCc1ccco1. The van der Waals surface area contributed by atoms with E-state index >= 15 is 0 Å². The maximum Gasteiger partial charge on any atom is 0.191 e. The minimum Gasteiger partial charge on any atom is -0.469 e. The van der Waals surface area contributed by atoms with Gasteiger partial charge in [0.15, 0.2) is 5.96 Å². The van der Waals surface area contributed by atoms with Crippen LogP contribution in [-0.4, -0.2) is 32.8 Å². The molecule has 0 fully saturated rings. The largest absolute Gasteiger partial charge is 0.469 e. The van der Waals surface area contributed by atoms with Crippen molar-refractivity contribution in [3.63, 3.8) is 0 Å². The predicted octanol–water partition coefficient (Wildman–Crippen LogP) is 2.82. The highest BCUT2D eigenvalue weighted by molar-refractivity contribution is 5.79. The van der Waals surface area contributed by atoms with Gasteiger partial charge in [0, 0.05) is 26.6 Å². The third kappa shape index (κ3) is 6.08. The summed E-state index contributed by atoms with van der Waals surface area (Å²) in [5, 5.41) is 6.63. The van der Waals surface area contributed by atoms with E-state index in [1.807, 2.05) is 12.1 Å². The van der Waals surface area contributed by atoms with Crippen LogP contribution in [0.25, 0.3) is 0 Å². The van der Waals surface area contributed by atoms with Crippen molar-refractivity contribution in [2.45, 2.75) is 26.8 Å². The third-order valence-electron chi connectivity index (χ3n) is 3.75. The number of guanidine groups is 1. The van der Waals surface area contributed by atoms with Crippen molar-refractivity contribution in [2.24, 2.45) is 4.99 Å². The van der Waals surface area contributed by atoms with E-state index in [1.165, 1.54) is 16.7 Å². The maximum atomic E-state index is 5.35. The number of hydrogen-bond donors (Lipinski definition) is 2. The van der Waals surface area contributed by atoms with Crippen LogP contribution in [-0.2, 0) is 17.7 Å². The molecule has 2 N–H and O–H groups in total. The standard InChI is InChI=1S/C19H27N3O2/c1-15-6-7-17(16(2)13-15)14-22-19(21-10-12-23-3)20-9-8-18-5-4-11-24-18/h4-7,11,13H,8-10,12,14H2,1-3H3,(H2,20,21,22). The van der Waals surface area contributed by atoms with Gasteiger partial charge in [0.1, 0.15) is 5.76 Å². The minimum absolute atomic E-state index is 0.641. The number of nitrogens with zero attached hydrogens (tertiary/aromatic N) is 1. The molecule has 5 heteroatoms. The van der Waals surface area contributed by atoms with Crippen molar-refractivity contribution in [3.05, 3.63) is 59.0 Å². The lowest BCUT2D eigenvalue weighted by atomic mass is 10.1. The summed E-state index contributed by atoms with van der Waals surface area (Å²) >= 11 is 0. The van der Waals surface area contributed by atoms with Gasteiger partial charge in [-0.3, -0.25) is 0 Å². The summed E-state index contributed by atoms with van der Waals surface area (Å²) in [5.74, 6) is 1.76. The van der Waals surface area contributed by atoms with Crippen LogP contribution in [0.3, 0.4) is 0 Å². The zero-order valence-electron chi connectivity index (χ0n) is 14.8. The molecule has 1 aromatic carbocycles. The van der Waals surface area contributed by atoms with Gasteiger partial charge in [-0.25, -0.2) is 4.99 Å². The molecule has 0 radical (unpaired) electrons. The Morgan fingerprint density at radius 2 is 2.00 bits per heavy atom. The third-order valence-corrected chi connectivity index (χ3v) is 3.75. The second kappa shape index (κ2) is 9.78. The van der Waals surface area contributed by atoms with E-state index in [0.717, 1.165) is 31.2 Å². The zero-order chi connectivity index (χ0) is 17.2. The Hall–Kier alpha value is -2.27. The highest BCUT2D eigenvalue weighted by Crippen LogP contribution is 2.11. The van der Waals surface area contributed by atoms with Gasteiger partial charge >= 0.3 is 0 Å².